The molecule has 30 heavy (non-hydrogen) atoms. The molecule has 0 bridgehead atoms. The molecule has 4 heterocycles. The highest BCUT2D eigenvalue weighted by Gasteiger charge is 2.20. The van der Waals surface area contributed by atoms with Gasteiger partial charge in [-0.25, -0.2) is 9.61 Å². The zero-order chi connectivity index (χ0) is 20.5. The Morgan fingerprint density at radius 3 is 2.60 bits per heavy atom. The van der Waals surface area contributed by atoms with E-state index >= 15 is 0 Å². The van der Waals surface area contributed by atoms with Crippen LogP contribution in [0.15, 0.2) is 41.3 Å². The lowest BCUT2D eigenvalue weighted by Crippen LogP contribution is -2.36. The van der Waals surface area contributed by atoms with Crippen molar-refractivity contribution in [2.24, 2.45) is 0 Å². The summed E-state index contributed by atoms with van der Waals surface area (Å²) in [5, 5.41) is 11.0. The number of nitrogen functional groups attached to an aromatic ring is 1. The van der Waals surface area contributed by atoms with Crippen molar-refractivity contribution in [3.05, 3.63) is 36.7 Å². The van der Waals surface area contributed by atoms with Gasteiger partial charge in [0.1, 0.15) is 5.52 Å². The van der Waals surface area contributed by atoms with Crippen molar-refractivity contribution < 1.29 is 9.37 Å². The third-order valence-corrected chi connectivity index (χ3v) is 5.21. The van der Waals surface area contributed by atoms with Crippen LogP contribution in [0, 0.1) is 0 Å². The van der Waals surface area contributed by atoms with Gasteiger partial charge in [0, 0.05) is 31.0 Å². The number of hydrogen-bond acceptors (Lipinski definition) is 9. The third-order valence-electron chi connectivity index (χ3n) is 5.21. The fraction of sp³-hybridized carbons (Fsp3) is 0.300. The number of nitrogens with two attached hydrogens (primary N) is 1. The summed E-state index contributed by atoms with van der Waals surface area (Å²) < 4.78 is 12.2. The van der Waals surface area contributed by atoms with E-state index in [4.69, 9.17) is 15.1 Å². The summed E-state index contributed by atoms with van der Waals surface area (Å²) in [4.78, 5) is 11.3. The molecule has 3 aromatic heterocycles. The number of imidazole rings is 1. The monoisotopic (exact) mass is 406 g/mol. The van der Waals surface area contributed by atoms with E-state index in [0.29, 0.717) is 18.1 Å². The molecule has 0 saturated carbocycles. The number of hydrogen-bond donors (Lipinski definition) is 2. The number of nitrogens with one attached hydrogen (secondary N) is 1. The minimum absolute atomic E-state index is 0.209. The molecule has 10 heteroatoms. The molecule has 1 fully saturated rings. The van der Waals surface area contributed by atoms with Gasteiger partial charge < -0.3 is 25.3 Å². The second-order valence-electron chi connectivity index (χ2n) is 7.00. The Balaban J connectivity index is 1.49. The highest BCUT2D eigenvalue weighted by molar-refractivity contribution is 5.92. The van der Waals surface area contributed by atoms with Gasteiger partial charge in [-0.2, -0.15) is 0 Å². The van der Waals surface area contributed by atoms with Crippen LogP contribution < -0.4 is 16.0 Å². The minimum atomic E-state index is 0.209. The summed E-state index contributed by atoms with van der Waals surface area (Å²) in [6.07, 6.45) is 3.52. The van der Waals surface area contributed by atoms with E-state index in [2.05, 4.69) is 54.8 Å². The molecule has 0 spiro atoms. The van der Waals surface area contributed by atoms with Crippen molar-refractivity contribution in [1.29, 1.82) is 0 Å². The largest absolute Gasteiger partial charge is 0.379 e. The minimum Gasteiger partial charge on any atom is -0.379 e. The highest BCUT2D eigenvalue weighted by Crippen LogP contribution is 2.32. The molecule has 5 rings (SSSR count). The van der Waals surface area contributed by atoms with Crippen molar-refractivity contribution in [3.8, 4) is 11.5 Å². The zero-order valence-corrected chi connectivity index (χ0v) is 16.6. The number of aromatic nitrogens is 5. The van der Waals surface area contributed by atoms with Crippen LogP contribution in [0.3, 0.4) is 0 Å². The first-order valence-corrected chi connectivity index (χ1v) is 9.87. The topological polar surface area (TPSA) is 120 Å². The van der Waals surface area contributed by atoms with Crippen LogP contribution in [-0.4, -0.2) is 51.2 Å². The lowest BCUT2D eigenvalue weighted by Gasteiger charge is -2.29. The second-order valence-corrected chi connectivity index (χ2v) is 7.00. The summed E-state index contributed by atoms with van der Waals surface area (Å²) in [5.41, 5.74) is 11.0. The molecule has 3 N–H and O–H groups in total. The molecule has 10 nitrogen and oxygen atoms in total. The van der Waals surface area contributed by atoms with E-state index in [9.17, 15) is 0 Å². The lowest BCUT2D eigenvalue weighted by molar-refractivity contribution is 0.122. The van der Waals surface area contributed by atoms with Crippen LogP contribution in [-0.2, 0) is 11.3 Å². The van der Waals surface area contributed by atoms with Crippen LogP contribution >= 0.6 is 0 Å². The van der Waals surface area contributed by atoms with E-state index in [1.165, 1.54) is 5.69 Å². The van der Waals surface area contributed by atoms with E-state index in [1.807, 2.05) is 11.5 Å². The first-order valence-electron chi connectivity index (χ1n) is 9.87. The third kappa shape index (κ3) is 3.20. The highest BCUT2D eigenvalue weighted by atomic mass is 16.6. The number of rotatable bonds is 5. The van der Waals surface area contributed by atoms with E-state index in [-0.39, 0.29) is 5.82 Å². The van der Waals surface area contributed by atoms with Crippen molar-refractivity contribution in [2.75, 3.05) is 42.3 Å². The Morgan fingerprint density at radius 2 is 1.90 bits per heavy atom. The number of ether oxygens (including phenoxy) is 1. The fourth-order valence-corrected chi connectivity index (χ4v) is 3.75. The molecule has 154 valence electrons. The van der Waals surface area contributed by atoms with Crippen molar-refractivity contribution in [3.63, 3.8) is 0 Å². The number of benzene rings is 1. The summed E-state index contributed by atoms with van der Waals surface area (Å²) in [7, 11) is 0. The van der Waals surface area contributed by atoms with Crippen LogP contribution in [0.1, 0.15) is 6.92 Å². The molecule has 4 aromatic rings. The first-order chi connectivity index (χ1) is 14.7. The van der Waals surface area contributed by atoms with Gasteiger partial charge in [0.15, 0.2) is 17.3 Å². The van der Waals surface area contributed by atoms with Gasteiger partial charge in [-0.05, 0) is 41.5 Å². The summed E-state index contributed by atoms with van der Waals surface area (Å²) in [5.74, 6) is 0.811. The number of aryl methyl sites for hydroxylation is 1. The Labute approximate surface area is 172 Å². The number of nitrogens with zero attached hydrogens (tertiary/aromatic N) is 6. The van der Waals surface area contributed by atoms with E-state index in [1.54, 1.807) is 12.4 Å². The summed E-state index contributed by atoms with van der Waals surface area (Å²) in [6, 6.07) is 8.37. The molecule has 0 unspecified atom stereocenters. The number of fused-ring (bicyclic) bond motifs is 1. The quantitative estimate of drug-likeness (QED) is 0.515. The van der Waals surface area contributed by atoms with Gasteiger partial charge in [0.05, 0.1) is 36.8 Å². The van der Waals surface area contributed by atoms with E-state index in [0.717, 1.165) is 48.7 Å². The van der Waals surface area contributed by atoms with Gasteiger partial charge in [0.25, 0.3) is 0 Å². The van der Waals surface area contributed by atoms with Crippen LogP contribution in [0.25, 0.3) is 22.6 Å². The number of pyridine rings is 1. The molecular weight excluding hydrogens is 384 g/mol. The van der Waals surface area contributed by atoms with Gasteiger partial charge >= 0.3 is 0 Å². The van der Waals surface area contributed by atoms with Gasteiger partial charge in [-0.3, -0.25) is 4.98 Å². The maximum absolute atomic E-state index is 5.89. The van der Waals surface area contributed by atoms with Crippen molar-refractivity contribution >= 4 is 33.9 Å². The van der Waals surface area contributed by atoms with E-state index < -0.39 is 0 Å². The predicted octanol–water partition coefficient (Wildman–Crippen LogP) is 2.66. The fourth-order valence-electron chi connectivity index (χ4n) is 3.75. The van der Waals surface area contributed by atoms with Gasteiger partial charge in [-0.1, -0.05) is 0 Å². The SMILES string of the molecule is CCn1c(-c2nonc2N)nc2cncc(Nc3ccc(N4CCOCC4)cc3)c21. The predicted molar refractivity (Wildman–Crippen MR) is 114 cm³/mol. The maximum atomic E-state index is 5.89. The number of anilines is 4. The van der Waals surface area contributed by atoms with Crippen molar-refractivity contribution in [2.45, 2.75) is 13.5 Å². The van der Waals surface area contributed by atoms with Crippen molar-refractivity contribution in [1.82, 2.24) is 24.8 Å². The molecule has 1 aliphatic rings. The Morgan fingerprint density at radius 1 is 1.10 bits per heavy atom. The molecule has 1 aliphatic heterocycles. The van der Waals surface area contributed by atoms with Gasteiger partial charge in [0.2, 0.25) is 0 Å². The zero-order valence-electron chi connectivity index (χ0n) is 16.6. The molecular formula is C20H22N8O2. The molecule has 0 amide bonds. The Kier molecular flexibility index (Phi) is 4.68. The maximum Gasteiger partial charge on any atom is 0.199 e. The standard InChI is InChI=1S/C20H22N8O2/c1-2-28-18-15(11-22-12-16(18)24-20(28)17-19(21)26-30-25-17)23-13-3-5-14(6-4-13)27-7-9-29-10-8-27/h3-6,11-12,23H,2,7-10H2,1H3,(H2,21,26). The van der Waals surface area contributed by atoms with Crippen LogP contribution in [0.5, 0.6) is 0 Å². The molecule has 0 radical (unpaired) electrons. The molecule has 0 atom stereocenters. The molecule has 1 saturated heterocycles. The average molecular weight is 406 g/mol. The lowest BCUT2D eigenvalue weighted by atomic mass is 10.2. The molecule has 1 aromatic carbocycles. The summed E-state index contributed by atoms with van der Waals surface area (Å²) >= 11 is 0. The van der Waals surface area contributed by atoms with Crippen LogP contribution in [0.2, 0.25) is 0 Å². The number of morpholine rings is 1. The molecule has 0 aliphatic carbocycles. The Bertz CT molecular complexity index is 1160. The van der Waals surface area contributed by atoms with Crippen LogP contribution in [0.4, 0.5) is 22.9 Å². The van der Waals surface area contributed by atoms with Gasteiger partial charge in [-0.15, -0.1) is 0 Å². The smallest absolute Gasteiger partial charge is 0.199 e. The average Bonchev–Trinajstić information content (AvgIpc) is 3.38. The Hall–Kier alpha value is -3.66. The first kappa shape index (κ1) is 18.4. The second kappa shape index (κ2) is 7.64. The normalized spacial score (nSPS) is 14.4. The summed E-state index contributed by atoms with van der Waals surface area (Å²) in [6.45, 7) is 6.07.